The summed E-state index contributed by atoms with van der Waals surface area (Å²) in [6, 6.07) is 0. The van der Waals surface area contributed by atoms with Gasteiger partial charge in [0, 0.05) is 8.41 Å². The van der Waals surface area contributed by atoms with E-state index in [1.165, 1.54) is 11.1 Å². The molecule has 0 radical (unpaired) electrons. The quantitative estimate of drug-likeness (QED) is 0.465. The lowest BCUT2D eigenvalue weighted by Crippen LogP contribution is -2.04. The van der Waals surface area contributed by atoms with E-state index in [1.54, 1.807) is 5.17 Å². The van der Waals surface area contributed by atoms with E-state index < -0.39 is 0 Å². The van der Waals surface area contributed by atoms with Crippen LogP contribution in [0.1, 0.15) is 13.8 Å². The summed E-state index contributed by atoms with van der Waals surface area (Å²) in [5, 5.41) is 1.60. The molecule has 0 spiro atoms. The molecule has 0 fully saturated rings. The Bertz CT molecular complexity index is 237. The van der Waals surface area contributed by atoms with E-state index in [2.05, 4.69) is 39.1 Å². The first-order valence-corrected chi connectivity index (χ1v) is 6.15. The fourth-order valence-corrected chi connectivity index (χ4v) is 2.72. The lowest BCUT2D eigenvalue weighted by molar-refractivity contribution is 1.53. The van der Waals surface area contributed by atoms with E-state index in [0.29, 0.717) is 0 Å². The van der Waals surface area contributed by atoms with Crippen LogP contribution in [0.2, 0.25) is 13.1 Å². The van der Waals surface area contributed by atoms with Gasteiger partial charge in [-0.15, -0.1) is 0 Å². The van der Waals surface area contributed by atoms with E-state index >= 15 is 0 Å². The molecule has 10 heavy (non-hydrogen) atoms. The van der Waals surface area contributed by atoms with Crippen molar-refractivity contribution >= 4 is 13.6 Å². The molecule has 54 valence electrons. The summed E-state index contributed by atoms with van der Waals surface area (Å²) < 4.78 is 0. The van der Waals surface area contributed by atoms with Gasteiger partial charge in [0.15, 0.2) is 0 Å². The molecule has 0 N–H and O–H groups in total. The third-order valence-electron chi connectivity index (χ3n) is 1.78. The van der Waals surface area contributed by atoms with Crippen LogP contribution in [-0.2, 0) is 0 Å². The molecule has 1 heteroatoms. The molecule has 0 aliphatic heterocycles. The van der Waals surface area contributed by atoms with Crippen molar-refractivity contribution in [2.24, 2.45) is 0 Å². The Balaban J connectivity index is 3.07. The molecular weight excluding hydrogens is 136 g/mol. The van der Waals surface area contributed by atoms with Gasteiger partial charge in [-0.25, -0.2) is 0 Å². The first-order valence-electron chi connectivity index (χ1n) is 3.65. The van der Waals surface area contributed by atoms with Gasteiger partial charge in [0.2, 0.25) is 0 Å². The SMILES string of the molecule is CC1=CC(=[Si](C)C)C(C)=C1. The first kappa shape index (κ1) is 7.67. The van der Waals surface area contributed by atoms with Crippen LogP contribution in [0.25, 0.3) is 0 Å². The van der Waals surface area contributed by atoms with Crippen LogP contribution in [0, 0.1) is 0 Å². The number of rotatable bonds is 0. The minimum atomic E-state index is -0.221. The Kier molecular flexibility index (Phi) is 2.04. The van der Waals surface area contributed by atoms with Gasteiger partial charge in [-0.1, -0.05) is 30.8 Å². The minimum absolute atomic E-state index is 0.221. The molecule has 1 aliphatic rings. The van der Waals surface area contributed by atoms with Gasteiger partial charge in [-0.05, 0) is 24.6 Å². The predicted molar refractivity (Wildman–Crippen MR) is 50.0 cm³/mol. The highest BCUT2D eigenvalue weighted by molar-refractivity contribution is 6.74. The number of hydrogen-bond donors (Lipinski definition) is 0. The molecule has 0 saturated heterocycles. The van der Waals surface area contributed by atoms with E-state index in [1.807, 2.05) is 0 Å². The number of allylic oxidation sites excluding steroid dienone is 4. The molecule has 0 heterocycles. The zero-order valence-corrected chi connectivity index (χ0v) is 8.15. The lowest BCUT2D eigenvalue weighted by Gasteiger charge is -1.97. The zero-order valence-electron chi connectivity index (χ0n) is 7.15. The van der Waals surface area contributed by atoms with Crippen molar-refractivity contribution in [3.05, 3.63) is 23.3 Å². The van der Waals surface area contributed by atoms with Crippen LogP contribution in [-0.4, -0.2) is 13.6 Å². The van der Waals surface area contributed by atoms with Crippen LogP contribution in [0.4, 0.5) is 0 Å². The maximum Gasteiger partial charge on any atom is 0.0131 e. The average molecular weight is 150 g/mol. The van der Waals surface area contributed by atoms with Crippen LogP contribution in [0.5, 0.6) is 0 Å². The Morgan fingerprint density at radius 3 is 1.90 bits per heavy atom. The molecular formula is C9H14Si. The highest BCUT2D eigenvalue weighted by atomic mass is 28.2. The van der Waals surface area contributed by atoms with E-state index in [-0.39, 0.29) is 8.41 Å². The fourth-order valence-electron chi connectivity index (χ4n) is 1.34. The second-order valence-corrected chi connectivity index (χ2v) is 5.67. The second kappa shape index (κ2) is 2.66. The molecule has 0 unspecified atom stereocenters. The predicted octanol–water partition coefficient (Wildman–Crippen LogP) is 2.40. The maximum atomic E-state index is 2.34. The van der Waals surface area contributed by atoms with Crippen molar-refractivity contribution in [1.29, 1.82) is 0 Å². The molecule has 1 aliphatic carbocycles. The third kappa shape index (κ3) is 1.35. The summed E-state index contributed by atoms with van der Waals surface area (Å²) in [4.78, 5) is 0. The van der Waals surface area contributed by atoms with Crippen molar-refractivity contribution in [3.8, 4) is 0 Å². The molecule has 0 bridgehead atoms. The maximum absolute atomic E-state index is 2.34. The summed E-state index contributed by atoms with van der Waals surface area (Å²) in [7, 11) is -0.221. The second-order valence-electron chi connectivity index (χ2n) is 3.13. The van der Waals surface area contributed by atoms with Crippen molar-refractivity contribution in [1.82, 2.24) is 0 Å². The summed E-state index contributed by atoms with van der Waals surface area (Å²) in [5.74, 6) is 0. The smallest absolute Gasteiger partial charge is 0.0131 e. The summed E-state index contributed by atoms with van der Waals surface area (Å²) in [5.41, 5.74) is 2.90. The van der Waals surface area contributed by atoms with E-state index in [0.717, 1.165) is 0 Å². The fraction of sp³-hybridized carbons (Fsp3) is 0.444. The van der Waals surface area contributed by atoms with Crippen molar-refractivity contribution in [2.45, 2.75) is 26.9 Å². The van der Waals surface area contributed by atoms with Gasteiger partial charge in [-0.2, -0.15) is 0 Å². The molecule has 0 saturated carbocycles. The summed E-state index contributed by atoms with van der Waals surface area (Å²) in [6.07, 6.45) is 4.59. The standard InChI is InChI=1S/C9H14Si/c1-7-5-8(2)9(6-7)10(3)4/h5-6H,1-4H3. The van der Waals surface area contributed by atoms with E-state index in [9.17, 15) is 0 Å². The Hall–Kier alpha value is -0.433. The van der Waals surface area contributed by atoms with Gasteiger partial charge >= 0.3 is 0 Å². The summed E-state index contributed by atoms with van der Waals surface area (Å²) in [6.45, 7) is 9.06. The van der Waals surface area contributed by atoms with Crippen LogP contribution in [0.15, 0.2) is 23.3 Å². The van der Waals surface area contributed by atoms with Crippen LogP contribution < -0.4 is 0 Å². The van der Waals surface area contributed by atoms with Gasteiger partial charge in [0.1, 0.15) is 0 Å². The van der Waals surface area contributed by atoms with Crippen molar-refractivity contribution in [2.75, 3.05) is 0 Å². The molecule has 0 atom stereocenters. The van der Waals surface area contributed by atoms with Crippen molar-refractivity contribution in [3.63, 3.8) is 0 Å². The highest BCUT2D eigenvalue weighted by Crippen LogP contribution is 2.13. The van der Waals surface area contributed by atoms with Crippen LogP contribution in [0.3, 0.4) is 0 Å². The Labute approximate surface area is 64.5 Å². The molecule has 0 amide bonds. The number of hydrogen-bond acceptors (Lipinski definition) is 0. The Morgan fingerprint density at radius 1 is 1.10 bits per heavy atom. The zero-order chi connectivity index (χ0) is 7.72. The average Bonchev–Trinajstić information content (AvgIpc) is 2.10. The largest absolute Gasteiger partial charge is 0.0566 e. The van der Waals surface area contributed by atoms with Crippen LogP contribution >= 0.6 is 0 Å². The normalized spacial score (nSPS) is 17.0. The summed E-state index contributed by atoms with van der Waals surface area (Å²) >= 11 is 0. The van der Waals surface area contributed by atoms with Gasteiger partial charge in [0.25, 0.3) is 0 Å². The Morgan fingerprint density at radius 2 is 1.70 bits per heavy atom. The monoisotopic (exact) mass is 150 g/mol. The lowest BCUT2D eigenvalue weighted by atomic mass is 10.3. The molecule has 1 rings (SSSR count). The highest BCUT2D eigenvalue weighted by Gasteiger charge is 2.05. The molecule has 0 aromatic heterocycles. The third-order valence-corrected chi connectivity index (χ3v) is 3.40. The minimum Gasteiger partial charge on any atom is -0.0566 e. The first-order chi connectivity index (χ1) is 4.61. The van der Waals surface area contributed by atoms with E-state index in [4.69, 9.17) is 0 Å². The molecule has 0 nitrogen and oxygen atoms in total. The molecule has 0 aromatic carbocycles. The van der Waals surface area contributed by atoms with Gasteiger partial charge in [-0.3, -0.25) is 0 Å². The topological polar surface area (TPSA) is 0 Å². The van der Waals surface area contributed by atoms with Crippen molar-refractivity contribution < 1.29 is 0 Å². The molecule has 0 aromatic rings. The van der Waals surface area contributed by atoms with Gasteiger partial charge in [0.05, 0.1) is 0 Å². The van der Waals surface area contributed by atoms with Gasteiger partial charge < -0.3 is 0 Å².